The van der Waals surface area contributed by atoms with Crippen LogP contribution in [0.2, 0.25) is 0 Å². The van der Waals surface area contributed by atoms with Crippen molar-refractivity contribution in [3.05, 3.63) is 115 Å². The van der Waals surface area contributed by atoms with Crippen LogP contribution in [0.5, 0.6) is 0 Å². The summed E-state index contributed by atoms with van der Waals surface area (Å²) in [6, 6.07) is 39.0. The molecule has 0 spiro atoms. The summed E-state index contributed by atoms with van der Waals surface area (Å²) in [5.74, 6) is 0. The zero-order valence-corrected chi connectivity index (χ0v) is 16.4. The van der Waals surface area contributed by atoms with E-state index >= 15 is 0 Å². The van der Waals surface area contributed by atoms with Gasteiger partial charge in [-0.25, -0.2) is 0 Å². The van der Waals surface area contributed by atoms with E-state index in [0.29, 0.717) is 0 Å². The molecule has 0 aliphatic rings. The third-order valence-corrected chi connectivity index (χ3v) is 5.90. The molecule has 0 atom stereocenters. The van der Waals surface area contributed by atoms with Crippen LogP contribution >= 0.6 is 0 Å². The van der Waals surface area contributed by atoms with Crippen molar-refractivity contribution in [1.29, 1.82) is 0 Å². The minimum atomic E-state index is 1.03. The van der Waals surface area contributed by atoms with Crippen LogP contribution in [0, 0.1) is 0 Å². The van der Waals surface area contributed by atoms with Crippen LogP contribution in [0.4, 0.5) is 0 Å². The minimum Gasteiger partial charge on any atom is -0.256 e. The average molecular weight is 381 g/mol. The molecule has 0 saturated heterocycles. The maximum atomic E-state index is 4.57. The minimum absolute atomic E-state index is 1.03. The van der Waals surface area contributed by atoms with Crippen LogP contribution in [-0.4, -0.2) is 4.98 Å². The van der Waals surface area contributed by atoms with Crippen LogP contribution in [0.1, 0.15) is 0 Å². The van der Waals surface area contributed by atoms with E-state index < -0.39 is 0 Å². The Morgan fingerprint density at radius 2 is 1.10 bits per heavy atom. The Labute approximate surface area is 175 Å². The van der Waals surface area contributed by atoms with Crippen LogP contribution in [0.3, 0.4) is 0 Å². The largest absolute Gasteiger partial charge is 0.256 e. The molecule has 1 heteroatoms. The molecule has 1 aromatic heterocycles. The number of hydrogen-bond acceptors (Lipinski definition) is 1. The summed E-state index contributed by atoms with van der Waals surface area (Å²) in [5.41, 5.74) is 5.99. The number of fused-ring (bicyclic) bond motifs is 5. The van der Waals surface area contributed by atoms with E-state index in [1.54, 1.807) is 0 Å². The van der Waals surface area contributed by atoms with E-state index in [9.17, 15) is 0 Å². The lowest BCUT2D eigenvalue weighted by atomic mass is 9.90. The van der Waals surface area contributed by atoms with Crippen molar-refractivity contribution < 1.29 is 0 Å². The molecule has 0 aliphatic carbocycles. The van der Waals surface area contributed by atoms with Gasteiger partial charge < -0.3 is 0 Å². The molecule has 0 amide bonds. The summed E-state index contributed by atoms with van der Waals surface area (Å²) in [6.45, 7) is 0. The van der Waals surface area contributed by atoms with Gasteiger partial charge in [0.1, 0.15) is 0 Å². The molecule has 5 aromatic carbocycles. The molecular weight excluding hydrogens is 362 g/mol. The Kier molecular flexibility index (Phi) is 3.85. The molecule has 6 rings (SSSR count). The van der Waals surface area contributed by atoms with Crippen molar-refractivity contribution in [2.75, 3.05) is 0 Å². The van der Waals surface area contributed by atoms with Gasteiger partial charge in [0.25, 0.3) is 0 Å². The van der Waals surface area contributed by atoms with Gasteiger partial charge in [0, 0.05) is 11.6 Å². The molecule has 0 unspecified atom stereocenters. The first-order valence-electron chi connectivity index (χ1n) is 10.2. The quantitative estimate of drug-likeness (QED) is 0.278. The lowest BCUT2D eigenvalue weighted by Gasteiger charge is -2.13. The summed E-state index contributed by atoms with van der Waals surface area (Å²) < 4.78 is 0. The van der Waals surface area contributed by atoms with Crippen molar-refractivity contribution in [3.8, 4) is 22.3 Å². The lowest BCUT2D eigenvalue weighted by molar-refractivity contribution is 1.42. The Morgan fingerprint density at radius 3 is 2.00 bits per heavy atom. The van der Waals surface area contributed by atoms with Crippen LogP contribution in [0.15, 0.2) is 115 Å². The molecule has 1 heterocycles. The van der Waals surface area contributed by atoms with Crippen LogP contribution in [-0.2, 0) is 0 Å². The summed E-state index contributed by atoms with van der Waals surface area (Å²) in [5, 5.41) is 6.27. The fraction of sp³-hybridized carbons (Fsp3) is 0. The summed E-state index contributed by atoms with van der Waals surface area (Å²) in [6.07, 6.45) is 1.86. The van der Waals surface area contributed by atoms with Gasteiger partial charge in [0.15, 0.2) is 0 Å². The van der Waals surface area contributed by atoms with Gasteiger partial charge in [-0.15, -0.1) is 0 Å². The van der Waals surface area contributed by atoms with E-state index in [4.69, 9.17) is 0 Å². The van der Waals surface area contributed by atoms with Crippen molar-refractivity contribution in [2.45, 2.75) is 0 Å². The van der Waals surface area contributed by atoms with Crippen molar-refractivity contribution in [3.63, 3.8) is 0 Å². The first-order chi connectivity index (χ1) is 14.9. The smallest absolute Gasteiger partial charge is 0.0708 e. The normalized spacial score (nSPS) is 11.3. The number of hydrogen-bond donors (Lipinski definition) is 0. The second-order valence-corrected chi connectivity index (χ2v) is 7.65. The van der Waals surface area contributed by atoms with Gasteiger partial charge in [-0.05, 0) is 68.1 Å². The molecule has 0 aliphatic heterocycles. The number of pyridine rings is 1. The van der Waals surface area contributed by atoms with Gasteiger partial charge in [-0.2, -0.15) is 0 Å². The van der Waals surface area contributed by atoms with Crippen LogP contribution in [0.25, 0.3) is 54.7 Å². The predicted octanol–water partition coefficient (Wildman–Crippen LogP) is 7.88. The van der Waals surface area contributed by atoms with Crippen LogP contribution < -0.4 is 0 Å². The van der Waals surface area contributed by atoms with E-state index in [0.717, 1.165) is 5.52 Å². The number of benzene rings is 5. The van der Waals surface area contributed by atoms with Gasteiger partial charge in [-0.1, -0.05) is 84.9 Å². The fourth-order valence-corrected chi connectivity index (χ4v) is 4.48. The molecule has 0 saturated carbocycles. The molecule has 30 heavy (non-hydrogen) atoms. The Bertz CT molecular complexity index is 1530. The molecule has 6 aromatic rings. The second kappa shape index (κ2) is 6.82. The number of aromatic nitrogens is 1. The van der Waals surface area contributed by atoms with E-state index in [1.165, 1.54) is 49.2 Å². The SMILES string of the molecule is c1ccc(-c2cccc(-c3cc4c5cccnc5ccc4c4ccccc34)c2)cc1. The molecule has 140 valence electrons. The highest BCUT2D eigenvalue weighted by Gasteiger charge is 2.11. The zero-order chi connectivity index (χ0) is 19.9. The van der Waals surface area contributed by atoms with Gasteiger partial charge in [0.05, 0.1) is 5.52 Å². The highest BCUT2D eigenvalue weighted by molar-refractivity contribution is 6.20. The third kappa shape index (κ3) is 2.67. The number of nitrogens with zero attached hydrogens (tertiary/aromatic N) is 1. The van der Waals surface area contributed by atoms with Crippen molar-refractivity contribution >= 4 is 32.4 Å². The molecule has 0 bridgehead atoms. The highest BCUT2D eigenvalue weighted by Crippen LogP contribution is 2.38. The van der Waals surface area contributed by atoms with E-state index in [1.807, 2.05) is 12.3 Å². The molecular formula is C29H19N. The highest BCUT2D eigenvalue weighted by atomic mass is 14.6. The standard InChI is InChI=1S/C29H19N/c1-2-8-20(9-3-1)21-10-6-11-22(18-21)27-19-28-25(23-12-4-5-13-24(23)27)15-16-29-26(28)14-7-17-30-29/h1-19H. The molecule has 0 fully saturated rings. The van der Waals surface area contributed by atoms with Gasteiger partial charge >= 0.3 is 0 Å². The third-order valence-electron chi connectivity index (χ3n) is 5.90. The van der Waals surface area contributed by atoms with E-state index in [2.05, 4.69) is 108 Å². The maximum Gasteiger partial charge on any atom is 0.0708 e. The average Bonchev–Trinajstić information content (AvgIpc) is 2.84. The Hall–Kier alpha value is -3.97. The first-order valence-corrected chi connectivity index (χ1v) is 10.2. The monoisotopic (exact) mass is 381 g/mol. The predicted molar refractivity (Wildman–Crippen MR) is 128 cm³/mol. The fourth-order valence-electron chi connectivity index (χ4n) is 4.48. The van der Waals surface area contributed by atoms with E-state index in [-0.39, 0.29) is 0 Å². The molecule has 0 radical (unpaired) electrons. The maximum absolute atomic E-state index is 4.57. The van der Waals surface area contributed by atoms with Gasteiger partial charge in [0.2, 0.25) is 0 Å². The number of rotatable bonds is 2. The van der Waals surface area contributed by atoms with Crippen molar-refractivity contribution in [1.82, 2.24) is 4.98 Å². The second-order valence-electron chi connectivity index (χ2n) is 7.65. The lowest BCUT2D eigenvalue weighted by Crippen LogP contribution is -1.87. The van der Waals surface area contributed by atoms with Gasteiger partial charge in [-0.3, -0.25) is 4.98 Å². The topological polar surface area (TPSA) is 12.9 Å². The summed E-state index contributed by atoms with van der Waals surface area (Å²) in [7, 11) is 0. The molecule has 1 nitrogen and oxygen atoms in total. The van der Waals surface area contributed by atoms with Crippen molar-refractivity contribution in [2.24, 2.45) is 0 Å². The zero-order valence-electron chi connectivity index (χ0n) is 16.4. The summed E-state index contributed by atoms with van der Waals surface area (Å²) in [4.78, 5) is 4.57. The summed E-state index contributed by atoms with van der Waals surface area (Å²) >= 11 is 0. The first kappa shape index (κ1) is 16.9. The Balaban J connectivity index is 1.69. The Morgan fingerprint density at radius 1 is 0.400 bits per heavy atom. The molecule has 0 N–H and O–H groups in total.